The fourth-order valence-corrected chi connectivity index (χ4v) is 2.56. The van der Waals surface area contributed by atoms with Crippen LogP contribution in [-0.4, -0.2) is 26.1 Å². The Morgan fingerprint density at radius 1 is 1.37 bits per heavy atom. The van der Waals surface area contributed by atoms with Crippen LogP contribution >= 0.6 is 12.2 Å². The molecule has 19 heavy (non-hydrogen) atoms. The van der Waals surface area contributed by atoms with E-state index in [1.807, 2.05) is 4.57 Å². The van der Waals surface area contributed by atoms with Crippen LogP contribution in [-0.2, 0) is 6.54 Å². The number of H-pyrrole nitrogens is 1. The average Bonchev–Trinajstić information content (AvgIpc) is 3.16. The van der Waals surface area contributed by atoms with E-state index < -0.39 is 0 Å². The smallest absolute Gasteiger partial charge is 0.203 e. The molecule has 0 radical (unpaired) electrons. The van der Waals surface area contributed by atoms with Gasteiger partial charge in [0.1, 0.15) is 11.3 Å². The summed E-state index contributed by atoms with van der Waals surface area (Å²) >= 11 is 5.37. The summed E-state index contributed by atoms with van der Waals surface area (Å²) < 4.78 is 2.59. The third kappa shape index (κ3) is 2.25. The predicted molar refractivity (Wildman–Crippen MR) is 79.1 cm³/mol. The summed E-state index contributed by atoms with van der Waals surface area (Å²) in [5, 5.41) is 3.34. The van der Waals surface area contributed by atoms with Gasteiger partial charge < -0.3 is 10.3 Å². The van der Waals surface area contributed by atoms with Crippen LogP contribution in [0.15, 0.2) is 0 Å². The molecule has 0 spiro atoms. The van der Waals surface area contributed by atoms with Crippen LogP contribution in [0, 0.1) is 4.77 Å². The number of rotatable bonds is 5. The van der Waals surface area contributed by atoms with E-state index in [4.69, 9.17) is 17.2 Å². The number of aromatic amines is 1. The van der Waals surface area contributed by atoms with Crippen LogP contribution in [0.5, 0.6) is 0 Å². The zero-order chi connectivity index (χ0) is 13.4. The number of anilines is 1. The van der Waals surface area contributed by atoms with E-state index in [-0.39, 0.29) is 0 Å². The molecule has 0 aromatic carbocycles. The summed E-state index contributed by atoms with van der Waals surface area (Å²) in [6.45, 7) is 5.90. The third-order valence-electron chi connectivity index (χ3n) is 3.46. The summed E-state index contributed by atoms with van der Waals surface area (Å²) in [7, 11) is 0. The van der Waals surface area contributed by atoms with Gasteiger partial charge in [-0.15, -0.1) is 0 Å². The number of hydrogen-bond donors (Lipinski definition) is 2. The summed E-state index contributed by atoms with van der Waals surface area (Å²) in [5.74, 6) is 2.52. The number of hydrogen-bond acceptors (Lipinski definition) is 4. The van der Waals surface area contributed by atoms with E-state index in [0.29, 0.717) is 10.7 Å². The first-order valence-electron chi connectivity index (χ1n) is 6.98. The zero-order valence-corrected chi connectivity index (χ0v) is 12.2. The Morgan fingerprint density at radius 2 is 2.16 bits per heavy atom. The topological polar surface area (TPSA) is 58.5 Å². The van der Waals surface area contributed by atoms with Gasteiger partial charge in [-0.25, -0.2) is 9.97 Å². The number of fused-ring (bicyclic) bond motifs is 1. The van der Waals surface area contributed by atoms with Crippen molar-refractivity contribution in [3.63, 3.8) is 0 Å². The van der Waals surface area contributed by atoms with Gasteiger partial charge in [-0.1, -0.05) is 6.92 Å². The maximum Gasteiger partial charge on any atom is 0.203 e. The van der Waals surface area contributed by atoms with E-state index in [0.717, 1.165) is 42.3 Å². The highest BCUT2D eigenvalue weighted by Gasteiger charge is 2.28. The lowest BCUT2D eigenvalue weighted by Gasteiger charge is -2.08. The molecule has 1 aliphatic carbocycles. The number of aromatic nitrogens is 4. The maximum absolute atomic E-state index is 5.37. The molecule has 0 bridgehead atoms. The van der Waals surface area contributed by atoms with Crippen LogP contribution in [0.4, 0.5) is 5.82 Å². The minimum absolute atomic E-state index is 0.599. The van der Waals surface area contributed by atoms with Gasteiger partial charge in [0.25, 0.3) is 0 Å². The van der Waals surface area contributed by atoms with Crippen molar-refractivity contribution in [2.75, 3.05) is 11.9 Å². The minimum atomic E-state index is 0.599. The van der Waals surface area contributed by atoms with E-state index in [9.17, 15) is 0 Å². The van der Waals surface area contributed by atoms with Crippen molar-refractivity contribution in [3.05, 3.63) is 10.6 Å². The molecule has 2 N–H and O–H groups in total. The quantitative estimate of drug-likeness (QED) is 0.824. The zero-order valence-electron chi connectivity index (χ0n) is 11.4. The molecule has 3 rings (SSSR count). The molecule has 0 unspecified atom stereocenters. The van der Waals surface area contributed by atoms with Gasteiger partial charge in [0.2, 0.25) is 4.77 Å². The normalized spacial score (nSPS) is 15.1. The first-order valence-corrected chi connectivity index (χ1v) is 7.39. The van der Waals surface area contributed by atoms with E-state index in [2.05, 4.69) is 29.1 Å². The maximum atomic E-state index is 5.37. The van der Waals surface area contributed by atoms with Crippen LogP contribution < -0.4 is 5.32 Å². The summed E-state index contributed by atoms with van der Waals surface area (Å²) in [4.78, 5) is 12.7. The lowest BCUT2D eigenvalue weighted by atomic mass is 10.4. The molecule has 6 heteroatoms. The SMILES string of the molecule is CCCNc1nc(=S)n(CC)c2nc(C3CC3)[nH]c12. The van der Waals surface area contributed by atoms with Crippen LogP contribution in [0.25, 0.3) is 11.2 Å². The predicted octanol–water partition coefficient (Wildman–Crippen LogP) is 3.21. The van der Waals surface area contributed by atoms with Gasteiger partial charge in [-0.2, -0.15) is 0 Å². The summed E-state index contributed by atoms with van der Waals surface area (Å²) in [6, 6.07) is 0. The molecule has 1 aliphatic rings. The number of nitrogens with zero attached hydrogens (tertiary/aromatic N) is 3. The Labute approximate surface area is 117 Å². The molecule has 0 saturated heterocycles. The minimum Gasteiger partial charge on any atom is -0.368 e. The Hall–Kier alpha value is -1.43. The van der Waals surface area contributed by atoms with Crippen LogP contribution in [0.1, 0.15) is 44.9 Å². The fraction of sp³-hybridized carbons (Fsp3) is 0.615. The molecular formula is C13H19N5S. The fourth-order valence-electron chi connectivity index (χ4n) is 2.25. The number of nitrogens with one attached hydrogen (secondary N) is 2. The van der Waals surface area contributed by atoms with Crippen molar-refractivity contribution >= 4 is 29.2 Å². The molecule has 2 aromatic rings. The van der Waals surface area contributed by atoms with Gasteiger partial charge >= 0.3 is 0 Å². The highest BCUT2D eigenvalue weighted by Crippen LogP contribution is 2.39. The molecule has 2 aromatic heterocycles. The second-order valence-corrected chi connectivity index (χ2v) is 5.37. The molecular weight excluding hydrogens is 258 g/mol. The Kier molecular flexibility index (Phi) is 3.26. The monoisotopic (exact) mass is 277 g/mol. The van der Waals surface area contributed by atoms with Crippen molar-refractivity contribution in [2.24, 2.45) is 0 Å². The standard InChI is InChI=1S/C13H19N5S/c1-3-7-14-11-9-12(18(4-2)13(19)17-11)16-10(15-9)8-5-6-8/h8H,3-7H2,1-2H3,(H,15,16)(H,14,17,19). The molecule has 0 aliphatic heterocycles. The summed E-state index contributed by atoms with van der Waals surface area (Å²) in [5.41, 5.74) is 1.92. The Balaban J connectivity index is 2.16. The van der Waals surface area contributed by atoms with Gasteiger partial charge in [0.15, 0.2) is 11.5 Å². The van der Waals surface area contributed by atoms with Crippen molar-refractivity contribution in [1.82, 2.24) is 19.5 Å². The molecule has 102 valence electrons. The molecule has 1 fully saturated rings. The molecule has 1 saturated carbocycles. The highest BCUT2D eigenvalue weighted by molar-refractivity contribution is 7.71. The van der Waals surface area contributed by atoms with Crippen molar-refractivity contribution in [3.8, 4) is 0 Å². The van der Waals surface area contributed by atoms with Gasteiger partial charge in [-0.05, 0) is 38.4 Å². The first-order chi connectivity index (χ1) is 9.24. The van der Waals surface area contributed by atoms with Crippen LogP contribution in [0.2, 0.25) is 0 Å². The van der Waals surface area contributed by atoms with Gasteiger partial charge in [0.05, 0.1) is 0 Å². The lowest BCUT2D eigenvalue weighted by molar-refractivity contribution is 0.745. The van der Waals surface area contributed by atoms with Crippen LogP contribution in [0.3, 0.4) is 0 Å². The van der Waals surface area contributed by atoms with Gasteiger partial charge in [-0.3, -0.25) is 4.57 Å². The highest BCUT2D eigenvalue weighted by atomic mass is 32.1. The van der Waals surface area contributed by atoms with E-state index in [1.54, 1.807) is 0 Å². The van der Waals surface area contributed by atoms with Crippen molar-refractivity contribution in [1.29, 1.82) is 0 Å². The molecule has 0 amide bonds. The molecule has 5 nitrogen and oxygen atoms in total. The number of aryl methyl sites for hydroxylation is 1. The van der Waals surface area contributed by atoms with E-state index in [1.165, 1.54) is 12.8 Å². The average molecular weight is 277 g/mol. The third-order valence-corrected chi connectivity index (χ3v) is 3.77. The lowest BCUT2D eigenvalue weighted by Crippen LogP contribution is -2.08. The van der Waals surface area contributed by atoms with Crippen molar-refractivity contribution in [2.45, 2.75) is 45.6 Å². The first kappa shape index (κ1) is 12.6. The molecule has 0 atom stereocenters. The summed E-state index contributed by atoms with van der Waals surface area (Å²) in [6.07, 6.45) is 3.53. The second-order valence-electron chi connectivity index (χ2n) is 5.01. The Bertz CT molecular complexity index is 653. The van der Waals surface area contributed by atoms with Gasteiger partial charge in [0, 0.05) is 19.0 Å². The largest absolute Gasteiger partial charge is 0.368 e. The Morgan fingerprint density at radius 3 is 2.79 bits per heavy atom. The van der Waals surface area contributed by atoms with Crippen molar-refractivity contribution < 1.29 is 0 Å². The second kappa shape index (κ2) is 4.92. The van der Waals surface area contributed by atoms with E-state index >= 15 is 0 Å². The number of imidazole rings is 1. The molecule has 2 heterocycles.